The predicted molar refractivity (Wildman–Crippen MR) is 60.1 cm³/mol. The van der Waals surface area contributed by atoms with E-state index >= 15 is 0 Å². The van der Waals surface area contributed by atoms with Crippen LogP contribution in [0.4, 0.5) is 0 Å². The van der Waals surface area contributed by atoms with E-state index in [-0.39, 0.29) is 5.91 Å². The summed E-state index contributed by atoms with van der Waals surface area (Å²) in [5.41, 5.74) is 5.76. The van der Waals surface area contributed by atoms with Crippen molar-refractivity contribution in [3.05, 3.63) is 18.0 Å². The highest BCUT2D eigenvalue weighted by molar-refractivity contribution is 5.97. The summed E-state index contributed by atoms with van der Waals surface area (Å²) >= 11 is 0. The van der Waals surface area contributed by atoms with Gasteiger partial charge in [0.2, 0.25) is 5.91 Å². The lowest BCUT2D eigenvalue weighted by molar-refractivity contribution is -0.122. The van der Waals surface area contributed by atoms with Crippen LogP contribution in [0.5, 0.6) is 0 Å². The highest BCUT2D eigenvalue weighted by atomic mass is 16.2. The predicted octanol–water partition coefficient (Wildman–Crippen LogP) is -1.68. The first kappa shape index (κ1) is 11.6. The molecule has 1 unspecified atom stereocenters. The van der Waals surface area contributed by atoms with E-state index in [1.807, 2.05) is 0 Å². The maximum absolute atomic E-state index is 12.2. The van der Waals surface area contributed by atoms with Crippen molar-refractivity contribution in [3.8, 4) is 0 Å². The van der Waals surface area contributed by atoms with Crippen LogP contribution in [-0.2, 0) is 11.8 Å². The number of nitrogens with zero attached hydrogens (tertiary/aromatic N) is 3. The molecule has 0 spiro atoms. The van der Waals surface area contributed by atoms with E-state index in [2.05, 4.69) is 10.4 Å². The van der Waals surface area contributed by atoms with Gasteiger partial charge in [-0.05, 0) is 0 Å². The van der Waals surface area contributed by atoms with Crippen LogP contribution in [0.2, 0.25) is 0 Å². The summed E-state index contributed by atoms with van der Waals surface area (Å²) in [7, 11) is 1.74. The molecule has 1 saturated heterocycles. The zero-order valence-electron chi connectivity index (χ0n) is 9.59. The summed E-state index contributed by atoms with van der Waals surface area (Å²) in [5, 5.41) is 6.98. The number of piperazine rings is 1. The number of hydrogen-bond donors (Lipinski definition) is 2. The molecule has 0 aromatic carbocycles. The Morgan fingerprint density at radius 1 is 1.59 bits per heavy atom. The number of amides is 2. The van der Waals surface area contributed by atoms with Crippen LogP contribution in [-0.4, -0.2) is 52.2 Å². The number of primary amides is 1. The standard InChI is InChI=1S/C10H15N5O2/c1-14-6-7(4-13-14)10(17)15-3-2-12-5-8(15)9(11)16/h4,6,8,12H,2-3,5H2,1H3,(H2,11,16). The zero-order chi connectivity index (χ0) is 12.4. The van der Waals surface area contributed by atoms with Gasteiger partial charge in [-0.25, -0.2) is 0 Å². The zero-order valence-corrected chi connectivity index (χ0v) is 9.59. The third kappa shape index (κ3) is 2.28. The summed E-state index contributed by atoms with van der Waals surface area (Å²) in [6, 6.07) is -0.587. The van der Waals surface area contributed by atoms with Crippen molar-refractivity contribution < 1.29 is 9.59 Å². The first-order valence-electron chi connectivity index (χ1n) is 5.39. The summed E-state index contributed by atoms with van der Waals surface area (Å²) < 4.78 is 1.55. The van der Waals surface area contributed by atoms with Crippen LogP contribution in [0.15, 0.2) is 12.4 Å². The molecule has 0 aliphatic carbocycles. The maximum Gasteiger partial charge on any atom is 0.257 e. The third-order valence-corrected chi connectivity index (χ3v) is 2.78. The SMILES string of the molecule is Cn1cc(C(=O)N2CCNCC2C(N)=O)cn1. The average Bonchev–Trinajstić information content (AvgIpc) is 2.75. The van der Waals surface area contributed by atoms with Gasteiger partial charge in [-0.2, -0.15) is 5.10 Å². The molecule has 17 heavy (non-hydrogen) atoms. The fourth-order valence-corrected chi connectivity index (χ4v) is 1.90. The van der Waals surface area contributed by atoms with Crippen molar-refractivity contribution >= 4 is 11.8 Å². The van der Waals surface area contributed by atoms with Gasteiger partial charge in [-0.15, -0.1) is 0 Å². The van der Waals surface area contributed by atoms with E-state index < -0.39 is 11.9 Å². The molecule has 2 amide bonds. The second kappa shape index (κ2) is 4.54. The van der Waals surface area contributed by atoms with Crippen LogP contribution >= 0.6 is 0 Å². The Morgan fingerprint density at radius 3 is 2.94 bits per heavy atom. The van der Waals surface area contributed by atoms with E-state index in [0.717, 1.165) is 0 Å². The molecule has 1 atom stereocenters. The summed E-state index contributed by atoms with van der Waals surface area (Å²) in [5.74, 6) is -0.696. The lowest BCUT2D eigenvalue weighted by Crippen LogP contribution is -2.58. The molecule has 1 aromatic rings. The lowest BCUT2D eigenvalue weighted by atomic mass is 10.1. The Bertz CT molecular complexity index is 442. The molecular formula is C10H15N5O2. The van der Waals surface area contributed by atoms with E-state index in [1.165, 1.54) is 11.1 Å². The van der Waals surface area contributed by atoms with Crippen LogP contribution < -0.4 is 11.1 Å². The van der Waals surface area contributed by atoms with Gasteiger partial charge in [-0.3, -0.25) is 14.3 Å². The number of nitrogens with one attached hydrogen (secondary N) is 1. The Labute approximate surface area is 98.6 Å². The van der Waals surface area contributed by atoms with Gasteiger partial charge in [-0.1, -0.05) is 0 Å². The van der Waals surface area contributed by atoms with Crippen molar-refractivity contribution in [2.24, 2.45) is 12.8 Å². The van der Waals surface area contributed by atoms with E-state index in [1.54, 1.807) is 17.9 Å². The number of aryl methyl sites for hydroxylation is 1. The van der Waals surface area contributed by atoms with E-state index in [4.69, 9.17) is 5.73 Å². The fourth-order valence-electron chi connectivity index (χ4n) is 1.90. The van der Waals surface area contributed by atoms with Crippen molar-refractivity contribution in [1.29, 1.82) is 0 Å². The molecule has 0 radical (unpaired) electrons. The minimum Gasteiger partial charge on any atom is -0.368 e. The molecule has 7 heteroatoms. The van der Waals surface area contributed by atoms with Gasteiger partial charge in [0.15, 0.2) is 0 Å². The molecular weight excluding hydrogens is 222 g/mol. The number of carbonyl (C=O) groups is 2. The molecule has 1 aliphatic rings. The van der Waals surface area contributed by atoms with Crippen LogP contribution in [0.1, 0.15) is 10.4 Å². The molecule has 0 bridgehead atoms. The molecule has 2 heterocycles. The first-order valence-corrected chi connectivity index (χ1v) is 5.39. The second-order valence-electron chi connectivity index (χ2n) is 4.02. The van der Waals surface area contributed by atoms with Gasteiger partial charge >= 0.3 is 0 Å². The fraction of sp³-hybridized carbons (Fsp3) is 0.500. The Kier molecular flexibility index (Phi) is 3.10. The molecule has 7 nitrogen and oxygen atoms in total. The molecule has 2 rings (SSSR count). The normalized spacial score (nSPS) is 20.3. The Balaban J connectivity index is 2.19. The minimum absolute atomic E-state index is 0.205. The lowest BCUT2D eigenvalue weighted by Gasteiger charge is -2.33. The van der Waals surface area contributed by atoms with E-state index in [0.29, 0.717) is 25.2 Å². The smallest absolute Gasteiger partial charge is 0.257 e. The molecule has 1 aliphatic heterocycles. The quantitative estimate of drug-likeness (QED) is 0.642. The summed E-state index contributed by atoms with van der Waals surface area (Å²) in [6.07, 6.45) is 3.12. The maximum atomic E-state index is 12.2. The number of aromatic nitrogens is 2. The summed E-state index contributed by atoms with van der Waals surface area (Å²) in [6.45, 7) is 1.54. The number of rotatable bonds is 2. The highest BCUT2D eigenvalue weighted by Crippen LogP contribution is 2.09. The second-order valence-corrected chi connectivity index (χ2v) is 4.02. The van der Waals surface area contributed by atoms with Gasteiger partial charge in [0, 0.05) is 32.9 Å². The molecule has 3 N–H and O–H groups in total. The number of nitrogens with two attached hydrogens (primary N) is 1. The van der Waals surface area contributed by atoms with Crippen molar-refractivity contribution in [1.82, 2.24) is 20.0 Å². The van der Waals surface area contributed by atoms with Gasteiger partial charge in [0.1, 0.15) is 6.04 Å². The van der Waals surface area contributed by atoms with Gasteiger partial charge < -0.3 is 16.0 Å². The monoisotopic (exact) mass is 237 g/mol. The van der Waals surface area contributed by atoms with Crippen molar-refractivity contribution in [2.75, 3.05) is 19.6 Å². The Morgan fingerprint density at radius 2 is 2.35 bits per heavy atom. The molecule has 92 valence electrons. The third-order valence-electron chi connectivity index (χ3n) is 2.78. The Hall–Kier alpha value is -1.89. The molecule has 0 saturated carbocycles. The van der Waals surface area contributed by atoms with Crippen molar-refractivity contribution in [3.63, 3.8) is 0 Å². The topological polar surface area (TPSA) is 93.3 Å². The highest BCUT2D eigenvalue weighted by Gasteiger charge is 2.31. The molecule has 1 fully saturated rings. The number of carbonyl (C=O) groups excluding carboxylic acids is 2. The van der Waals surface area contributed by atoms with Crippen LogP contribution in [0.3, 0.4) is 0 Å². The van der Waals surface area contributed by atoms with Crippen LogP contribution in [0, 0.1) is 0 Å². The average molecular weight is 237 g/mol. The first-order chi connectivity index (χ1) is 8.09. The summed E-state index contributed by atoms with van der Waals surface area (Å²) in [4.78, 5) is 24.9. The van der Waals surface area contributed by atoms with Crippen LogP contribution in [0.25, 0.3) is 0 Å². The largest absolute Gasteiger partial charge is 0.368 e. The molecule has 1 aromatic heterocycles. The van der Waals surface area contributed by atoms with Crippen molar-refractivity contribution in [2.45, 2.75) is 6.04 Å². The minimum atomic E-state index is -0.587. The number of hydrogen-bond acceptors (Lipinski definition) is 4. The van der Waals surface area contributed by atoms with E-state index in [9.17, 15) is 9.59 Å². The van der Waals surface area contributed by atoms with Gasteiger partial charge in [0.25, 0.3) is 5.91 Å². The van der Waals surface area contributed by atoms with Gasteiger partial charge in [0.05, 0.1) is 11.8 Å².